The Bertz CT molecular complexity index is 1210. The zero-order chi connectivity index (χ0) is 38.2. The summed E-state index contributed by atoms with van der Waals surface area (Å²) in [6.07, 6.45) is 39.7. The molecule has 0 bridgehead atoms. The van der Waals surface area contributed by atoms with Crippen molar-refractivity contribution in [3.8, 4) is 0 Å². The van der Waals surface area contributed by atoms with Gasteiger partial charge in [0.1, 0.15) is 20.2 Å². The van der Waals surface area contributed by atoms with Crippen LogP contribution in [-0.2, 0) is 33.1 Å². The maximum atomic E-state index is 10.9. The fourth-order valence-electron chi connectivity index (χ4n) is 6.69. The Kier molecular flexibility index (Phi) is 34.9. The predicted octanol–water partition coefficient (Wildman–Crippen LogP) is 12.8. The summed E-state index contributed by atoms with van der Waals surface area (Å²) in [6, 6.07) is 12.7. The molecular weight excluding hydrogens is 826 g/mol. The van der Waals surface area contributed by atoms with Gasteiger partial charge in [-0.1, -0.05) is 205 Å². The van der Waals surface area contributed by atoms with Crippen LogP contribution in [0.3, 0.4) is 0 Å². The van der Waals surface area contributed by atoms with Crippen molar-refractivity contribution < 1.29 is 25.9 Å². The fourth-order valence-corrected chi connectivity index (χ4v) is 7.63. The van der Waals surface area contributed by atoms with Crippen LogP contribution < -0.4 is 0 Å². The molecule has 0 radical (unpaired) electrons. The normalized spacial score (nSPS) is 11.5. The topological polar surface area (TPSA) is 114 Å². The third-order valence-electron chi connectivity index (χ3n) is 10.1. The standard InChI is InChI=1S/2C22H38O3S.Ba/c2*1-2-3-4-5-6-7-8-9-10-11-12-13-14-15-16-21-17-19-22(20-18-21)26(23,24)25;/h2*17-20H,2-16H2,1H3,(H,23,24,25);/q;;+2/p-2. The maximum Gasteiger partial charge on any atom is 2.00 e. The van der Waals surface area contributed by atoms with Crippen molar-refractivity contribution in [3.63, 3.8) is 0 Å². The summed E-state index contributed by atoms with van der Waals surface area (Å²) in [6.45, 7) is 4.53. The number of unbranched alkanes of at least 4 members (excludes halogenated alkanes) is 26. The summed E-state index contributed by atoms with van der Waals surface area (Å²) in [5.74, 6) is 0. The molecule has 53 heavy (non-hydrogen) atoms. The van der Waals surface area contributed by atoms with E-state index in [0.29, 0.717) is 0 Å². The van der Waals surface area contributed by atoms with Gasteiger partial charge >= 0.3 is 48.9 Å². The van der Waals surface area contributed by atoms with Crippen molar-refractivity contribution in [1.29, 1.82) is 0 Å². The number of hydrogen-bond acceptors (Lipinski definition) is 6. The molecular formula is C44H74BaO6S2. The smallest absolute Gasteiger partial charge is 0.744 e. The minimum absolute atomic E-state index is 0. The molecule has 0 heterocycles. The van der Waals surface area contributed by atoms with Crippen LogP contribution in [0, 0.1) is 0 Å². The molecule has 2 aromatic rings. The summed E-state index contributed by atoms with van der Waals surface area (Å²) in [4.78, 5) is -0.274. The van der Waals surface area contributed by atoms with Gasteiger partial charge in [0, 0.05) is 0 Å². The van der Waals surface area contributed by atoms with Gasteiger partial charge in [0.2, 0.25) is 0 Å². The van der Waals surface area contributed by atoms with Crippen molar-refractivity contribution in [2.75, 3.05) is 0 Å². The first-order valence-corrected chi connectivity index (χ1v) is 24.0. The molecule has 0 spiro atoms. The summed E-state index contributed by atoms with van der Waals surface area (Å²) in [5, 5.41) is 0. The molecule has 0 aliphatic rings. The third-order valence-corrected chi connectivity index (χ3v) is 11.8. The molecule has 0 aromatic heterocycles. The van der Waals surface area contributed by atoms with Gasteiger partial charge in [0.15, 0.2) is 0 Å². The zero-order valence-corrected chi connectivity index (χ0v) is 39.9. The van der Waals surface area contributed by atoms with Crippen LogP contribution in [-0.4, -0.2) is 74.8 Å². The first-order chi connectivity index (χ1) is 25.1. The predicted molar refractivity (Wildman–Crippen MR) is 223 cm³/mol. The van der Waals surface area contributed by atoms with E-state index in [1.807, 2.05) is 0 Å². The van der Waals surface area contributed by atoms with Gasteiger partial charge in [-0.2, -0.15) is 0 Å². The van der Waals surface area contributed by atoms with Gasteiger partial charge in [0.25, 0.3) is 0 Å². The minimum atomic E-state index is -4.32. The monoisotopic (exact) mass is 900 g/mol. The molecule has 0 unspecified atom stereocenters. The van der Waals surface area contributed by atoms with E-state index in [-0.39, 0.29) is 58.7 Å². The maximum absolute atomic E-state index is 10.9. The number of aryl methyl sites for hydroxylation is 2. The van der Waals surface area contributed by atoms with Crippen LogP contribution in [0.4, 0.5) is 0 Å². The van der Waals surface area contributed by atoms with Crippen LogP contribution in [0.15, 0.2) is 58.3 Å². The molecule has 2 rings (SSSR count). The van der Waals surface area contributed by atoms with E-state index >= 15 is 0 Å². The van der Waals surface area contributed by atoms with Crippen LogP contribution in [0.5, 0.6) is 0 Å². The summed E-state index contributed by atoms with van der Waals surface area (Å²) >= 11 is 0. The first kappa shape index (κ1) is 52.8. The molecule has 6 nitrogen and oxygen atoms in total. The zero-order valence-electron chi connectivity index (χ0n) is 33.8. The third kappa shape index (κ3) is 31.6. The van der Waals surface area contributed by atoms with Crippen molar-refractivity contribution >= 4 is 69.1 Å². The molecule has 0 saturated carbocycles. The van der Waals surface area contributed by atoms with E-state index in [2.05, 4.69) is 13.8 Å². The van der Waals surface area contributed by atoms with E-state index in [4.69, 9.17) is 0 Å². The Morgan fingerprint density at radius 1 is 0.340 bits per heavy atom. The van der Waals surface area contributed by atoms with Crippen LogP contribution in [0.2, 0.25) is 0 Å². The van der Waals surface area contributed by atoms with Gasteiger partial charge < -0.3 is 9.11 Å². The average molecular weight is 901 g/mol. The molecule has 0 aliphatic carbocycles. The Morgan fingerprint density at radius 2 is 0.528 bits per heavy atom. The van der Waals surface area contributed by atoms with Gasteiger partial charge in [-0.05, 0) is 61.1 Å². The summed E-state index contributed by atoms with van der Waals surface area (Å²) in [7, 11) is -8.64. The molecule has 2 aromatic carbocycles. The molecule has 0 N–H and O–H groups in total. The van der Waals surface area contributed by atoms with E-state index in [1.54, 1.807) is 24.3 Å². The molecule has 0 aliphatic heterocycles. The second kappa shape index (κ2) is 35.0. The number of rotatable bonds is 32. The second-order valence-electron chi connectivity index (χ2n) is 14.9. The number of benzene rings is 2. The van der Waals surface area contributed by atoms with E-state index in [9.17, 15) is 25.9 Å². The Hall–Kier alpha value is -0.169. The number of hydrogen-bond donors (Lipinski definition) is 0. The molecule has 0 amide bonds. The molecule has 0 saturated heterocycles. The Morgan fingerprint density at radius 3 is 0.717 bits per heavy atom. The first-order valence-electron chi connectivity index (χ1n) is 21.2. The van der Waals surface area contributed by atoms with Crippen LogP contribution >= 0.6 is 0 Å². The van der Waals surface area contributed by atoms with Crippen molar-refractivity contribution in [2.24, 2.45) is 0 Å². The van der Waals surface area contributed by atoms with Crippen molar-refractivity contribution in [2.45, 2.75) is 216 Å². The van der Waals surface area contributed by atoms with Crippen LogP contribution in [0.25, 0.3) is 0 Å². The quantitative estimate of drug-likeness (QED) is 0.0410. The largest absolute Gasteiger partial charge is 2.00 e. The minimum Gasteiger partial charge on any atom is -0.744 e. The van der Waals surface area contributed by atoms with Crippen LogP contribution in [0.1, 0.15) is 205 Å². The van der Waals surface area contributed by atoms with Gasteiger partial charge in [-0.3, -0.25) is 0 Å². The summed E-state index contributed by atoms with van der Waals surface area (Å²) in [5.41, 5.74) is 2.22. The Labute approximate surface area is 367 Å². The molecule has 9 heteroatoms. The van der Waals surface area contributed by atoms with Gasteiger partial charge in [0.05, 0.1) is 9.79 Å². The SMILES string of the molecule is CCCCCCCCCCCCCCCCc1ccc(S(=O)(=O)[O-])cc1.CCCCCCCCCCCCCCCCc1ccc(S(=O)(=O)[O-])cc1.[Ba+2]. The average Bonchev–Trinajstić information content (AvgIpc) is 3.12. The molecule has 300 valence electrons. The van der Waals surface area contributed by atoms with Gasteiger partial charge in [-0.25, -0.2) is 16.8 Å². The molecule has 0 atom stereocenters. The van der Waals surface area contributed by atoms with Gasteiger partial charge in [-0.15, -0.1) is 0 Å². The van der Waals surface area contributed by atoms with E-state index in [1.165, 1.54) is 191 Å². The fraction of sp³-hybridized carbons (Fsp3) is 0.727. The molecule has 0 fully saturated rings. The van der Waals surface area contributed by atoms with Crippen molar-refractivity contribution in [3.05, 3.63) is 59.7 Å². The summed E-state index contributed by atoms with van der Waals surface area (Å²) < 4.78 is 65.3. The van der Waals surface area contributed by atoms with E-state index < -0.39 is 20.2 Å². The van der Waals surface area contributed by atoms with E-state index in [0.717, 1.165) is 36.8 Å². The van der Waals surface area contributed by atoms with Crippen molar-refractivity contribution in [1.82, 2.24) is 0 Å². The Balaban J connectivity index is 0.00000100. The second-order valence-corrected chi connectivity index (χ2v) is 17.6.